The number of nitrogens with zero attached hydrogens (tertiary/aromatic N) is 1. The number of carbonyl (C=O) groups is 1. The van der Waals surface area contributed by atoms with Crippen LogP contribution in [0.15, 0.2) is 30.3 Å². The number of piperidine rings is 1. The Morgan fingerprint density at radius 2 is 1.55 bits per heavy atom. The van der Waals surface area contributed by atoms with Gasteiger partial charge in [0.1, 0.15) is 0 Å². The molecule has 1 saturated carbocycles. The molecule has 3 rings (SSSR count). The predicted octanol–water partition coefficient (Wildman–Crippen LogP) is 2.82. The second-order valence-electron chi connectivity index (χ2n) is 6.08. The normalized spacial score (nSPS) is 21.3. The Morgan fingerprint density at radius 1 is 0.950 bits per heavy atom. The van der Waals surface area contributed by atoms with E-state index in [-0.39, 0.29) is 5.91 Å². The van der Waals surface area contributed by atoms with Gasteiger partial charge in [-0.15, -0.1) is 0 Å². The Hall–Kier alpha value is -1.35. The van der Waals surface area contributed by atoms with Crippen LogP contribution in [0.4, 0.5) is 0 Å². The Kier molecular flexibility index (Phi) is 4.36. The zero-order chi connectivity index (χ0) is 13.8. The molecule has 0 bridgehead atoms. The smallest absolute Gasteiger partial charge is 0.253 e. The predicted molar refractivity (Wildman–Crippen MR) is 80.8 cm³/mol. The molecule has 0 spiro atoms. The van der Waals surface area contributed by atoms with E-state index < -0.39 is 0 Å². The summed E-state index contributed by atoms with van der Waals surface area (Å²) in [6.07, 6.45) is 7.61. The van der Waals surface area contributed by atoms with Gasteiger partial charge in [-0.3, -0.25) is 4.79 Å². The van der Waals surface area contributed by atoms with E-state index >= 15 is 0 Å². The zero-order valence-electron chi connectivity index (χ0n) is 12.1. The van der Waals surface area contributed by atoms with Crippen LogP contribution >= 0.6 is 0 Å². The Morgan fingerprint density at radius 3 is 2.20 bits per heavy atom. The minimum absolute atomic E-state index is 0.185. The van der Waals surface area contributed by atoms with E-state index in [2.05, 4.69) is 5.32 Å². The molecule has 3 heteroatoms. The molecule has 1 aliphatic heterocycles. The van der Waals surface area contributed by atoms with Crippen molar-refractivity contribution >= 4 is 5.91 Å². The molecular formula is C17H24N2O. The van der Waals surface area contributed by atoms with Crippen molar-refractivity contribution in [2.75, 3.05) is 13.1 Å². The van der Waals surface area contributed by atoms with Crippen LogP contribution < -0.4 is 5.32 Å². The third-order valence-corrected chi connectivity index (χ3v) is 4.63. The van der Waals surface area contributed by atoms with Crippen molar-refractivity contribution in [1.82, 2.24) is 10.2 Å². The number of hydrogen-bond acceptors (Lipinski definition) is 2. The number of amides is 1. The molecular weight excluding hydrogens is 248 g/mol. The van der Waals surface area contributed by atoms with E-state index in [0.717, 1.165) is 37.5 Å². The first-order valence-electron chi connectivity index (χ1n) is 7.93. The second-order valence-corrected chi connectivity index (χ2v) is 6.08. The number of hydrogen-bond donors (Lipinski definition) is 1. The fourth-order valence-corrected chi connectivity index (χ4v) is 3.44. The van der Waals surface area contributed by atoms with Crippen LogP contribution in [0.2, 0.25) is 0 Å². The standard InChI is InChI=1S/C17H24N2O/c20-17(14-6-2-1-3-7-14)19-12-10-16(11-13-19)18-15-8-4-5-9-15/h1-3,6-7,15-16,18H,4-5,8-13H2. The van der Waals surface area contributed by atoms with Crippen LogP contribution in [0, 0.1) is 0 Å². The summed E-state index contributed by atoms with van der Waals surface area (Å²) in [5.74, 6) is 0.185. The van der Waals surface area contributed by atoms with Crippen molar-refractivity contribution < 1.29 is 4.79 Å². The lowest BCUT2D eigenvalue weighted by Crippen LogP contribution is -2.47. The highest BCUT2D eigenvalue weighted by Gasteiger charge is 2.25. The summed E-state index contributed by atoms with van der Waals surface area (Å²) in [6, 6.07) is 11.0. The third-order valence-electron chi connectivity index (χ3n) is 4.63. The molecule has 20 heavy (non-hydrogen) atoms. The van der Waals surface area contributed by atoms with Crippen LogP contribution in [0.5, 0.6) is 0 Å². The molecule has 1 aliphatic carbocycles. The Labute approximate surface area is 121 Å². The highest BCUT2D eigenvalue weighted by molar-refractivity contribution is 5.94. The number of carbonyl (C=O) groups excluding carboxylic acids is 1. The van der Waals surface area contributed by atoms with Gasteiger partial charge in [0.2, 0.25) is 0 Å². The molecule has 3 nitrogen and oxygen atoms in total. The summed E-state index contributed by atoms with van der Waals surface area (Å²) in [5, 5.41) is 3.78. The van der Waals surface area contributed by atoms with E-state index in [1.807, 2.05) is 35.2 Å². The van der Waals surface area contributed by atoms with E-state index in [0.29, 0.717) is 6.04 Å². The van der Waals surface area contributed by atoms with Crippen LogP contribution in [-0.4, -0.2) is 36.0 Å². The second kappa shape index (κ2) is 6.40. The maximum absolute atomic E-state index is 12.4. The van der Waals surface area contributed by atoms with Crippen LogP contribution in [-0.2, 0) is 0 Å². The summed E-state index contributed by atoms with van der Waals surface area (Å²) >= 11 is 0. The lowest BCUT2D eigenvalue weighted by atomic mass is 10.0. The molecule has 1 N–H and O–H groups in total. The van der Waals surface area contributed by atoms with Crippen molar-refractivity contribution in [3.05, 3.63) is 35.9 Å². The van der Waals surface area contributed by atoms with Gasteiger partial charge in [-0.1, -0.05) is 31.0 Å². The average Bonchev–Trinajstić information content (AvgIpc) is 3.01. The monoisotopic (exact) mass is 272 g/mol. The fourth-order valence-electron chi connectivity index (χ4n) is 3.44. The first kappa shape index (κ1) is 13.6. The minimum Gasteiger partial charge on any atom is -0.339 e. The van der Waals surface area contributed by atoms with E-state index in [4.69, 9.17) is 0 Å². The van der Waals surface area contributed by atoms with Crippen LogP contribution in [0.3, 0.4) is 0 Å². The highest BCUT2D eigenvalue weighted by Crippen LogP contribution is 2.21. The maximum Gasteiger partial charge on any atom is 0.253 e. The molecule has 0 aromatic heterocycles. The van der Waals surface area contributed by atoms with Gasteiger partial charge in [0.25, 0.3) is 5.91 Å². The number of benzene rings is 1. The Balaban J connectivity index is 1.49. The first-order valence-corrected chi connectivity index (χ1v) is 7.93. The number of nitrogens with one attached hydrogen (secondary N) is 1. The third kappa shape index (κ3) is 3.21. The topological polar surface area (TPSA) is 32.3 Å². The summed E-state index contributed by atoms with van der Waals surface area (Å²) in [5.41, 5.74) is 0.815. The van der Waals surface area contributed by atoms with Gasteiger partial charge in [0.15, 0.2) is 0 Å². The van der Waals surface area contributed by atoms with Gasteiger partial charge >= 0.3 is 0 Å². The van der Waals surface area contributed by atoms with Crippen molar-refractivity contribution in [3.8, 4) is 0 Å². The minimum atomic E-state index is 0.185. The molecule has 108 valence electrons. The summed E-state index contributed by atoms with van der Waals surface area (Å²) in [4.78, 5) is 14.4. The Bertz CT molecular complexity index is 432. The average molecular weight is 272 g/mol. The molecule has 1 saturated heterocycles. The number of rotatable bonds is 3. The van der Waals surface area contributed by atoms with Gasteiger partial charge in [-0.2, -0.15) is 0 Å². The lowest BCUT2D eigenvalue weighted by Gasteiger charge is -2.34. The molecule has 1 heterocycles. The zero-order valence-corrected chi connectivity index (χ0v) is 12.1. The highest BCUT2D eigenvalue weighted by atomic mass is 16.2. The quantitative estimate of drug-likeness (QED) is 0.917. The SMILES string of the molecule is O=C(c1ccccc1)N1CCC(NC2CCCC2)CC1. The summed E-state index contributed by atoms with van der Waals surface area (Å²) in [6.45, 7) is 1.77. The van der Waals surface area contributed by atoms with Gasteiger partial charge < -0.3 is 10.2 Å². The first-order chi connectivity index (χ1) is 9.83. The maximum atomic E-state index is 12.4. The fraction of sp³-hybridized carbons (Fsp3) is 0.588. The van der Waals surface area contributed by atoms with Gasteiger partial charge in [-0.05, 0) is 37.8 Å². The molecule has 0 unspecified atom stereocenters. The summed E-state index contributed by atoms with van der Waals surface area (Å²) in [7, 11) is 0. The molecule has 1 aromatic rings. The van der Waals surface area contributed by atoms with Crippen molar-refractivity contribution in [2.24, 2.45) is 0 Å². The number of likely N-dealkylation sites (tertiary alicyclic amines) is 1. The lowest BCUT2D eigenvalue weighted by molar-refractivity contribution is 0.0702. The summed E-state index contributed by atoms with van der Waals surface area (Å²) < 4.78 is 0. The van der Waals surface area contributed by atoms with Crippen LogP contribution in [0.25, 0.3) is 0 Å². The largest absolute Gasteiger partial charge is 0.339 e. The molecule has 1 aromatic carbocycles. The van der Waals surface area contributed by atoms with Gasteiger partial charge in [0, 0.05) is 30.7 Å². The van der Waals surface area contributed by atoms with Crippen LogP contribution in [0.1, 0.15) is 48.9 Å². The van der Waals surface area contributed by atoms with Gasteiger partial charge in [0.05, 0.1) is 0 Å². The molecule has 0 radical (unpaired) electrons. The van der Waals surface area contributed by atoms with Gasteiger partial charge in [-0.25, -0.2) is 0 Å². The van der Waals surface area contributed by atoms with Crippen molar-refractivity contribution in [1.29, 1.82) is 0 Å². The van der Waals surface area contributed by atoms with Crippen molar-refractivity contribution in [3.63, 3.8) is 0 Å². The van der Waals surface area contributed by atoms with E-state index in [1.54, 1.807) is 0 Å². The van der Waals surface area contributed by atoms with Crippen molar-refractivity contribution in [2.45, 2.75) is 50.6 Å². The molecule has 0 atom stereocenters. The molecule has 2 aliphatic rings. The van der Waals surface area contributed by atoms with E-state index in [9.17, 15) is 4.79 Å². The molecule has 1 amide bonds. The van der Waals surface area contributed by atoms with E-state index in [1.165, 1.54) is 25.7 Å². The molecule has 2 fully saturated rings.